The number of piperidine rings is 1. The second kappa shape index (κ2) is 3.78. The molecule has 0 N–H and O–H groups in total. The largest absolute Gasteiger partial charge is 0.300 e. The van der Waals surface area contributed by atoms with E-state index in [1.807, 2.05) is 0 Å². The average molecular weight is 167 g/mol. The smallest absolute Gasteiger partial charge is 0.00951 e. The van der Waals surface area contributed by atoms with E-state index in [0.29, 0.717) is 0 Å². The molecule has 70 valence electrons. The van der Waals surface area contributed by atoms with E-state index in [2.05, 4.69) is 11.9 Å². The van der Waals surface area contributed by atoms with E-state index in [4.69, 9.17) is 0 Å². The van der Waals surface area contributed by atoms with Crippen LogP contribution >= 0.6 is 0 Å². The van der Waals surface area contributed by atoms with Gasteiger partial charge in [0, 0.05) is 12.1 Å². The molecule has 0 aromatic carbocycles. The summed E-state index contributed by atoms with van der Waals surface area (Å²) in [6, 6.07) is 1.87. The van der Waals surface area contributed by atoms with E-state index in [0.717, 1.165) is 12.1 Å². The number of hydrogen-bond donors (Lipinski definition) is 0. The summed E-state index contributed by atoms with van der Waals surface area (Å²) in [5.41, 5.74) is 0. The van der Waals surface area contributed by atoms with Crippen LogP contribution < -0.4 is 0 Å². The fourth-order valence-corrected chi connectivity index (χ4v) is 2.93. The molecule has 0 saturated carbocycles. The summed E-state index contributed by atoms with van der Waals surface area (Å²) >= 11 is 0. The molecule has 1 nitrogen and oxygen atoms in total. The molecule has 2 unspecified atom stereocenters. The van der Waals surface area contributed by atoms with Gasteiger partial charge in [-0.05, 0) is 32.7 Å². The second-order valence-electron chi connectivity index (χ2n) is 4.54. The topological polar surface area (TPSA) is 3.24 Å². The standard InChI is InChI=1S/C11H21N/c1-12-10-6-3-2-4-7-11(12)9-5-8-10/h10-11H,2-9H2,1H3. The van der Waals surface area contributed by atoms with Gasteiger partial charge in [0.2, 0.25) is 0 Å². The molecule has 0 spiro atoms. The Bertz CT molecular complexity index is 130. The Hall–Kier alpha value is -0.0400. The zero-order valence-corrected chi connectivity index (χ0v) is 8.26. The first kappa shape index (κ1) is 8.55. The highest BCUT2D eigenvalue weighted by molar-refractivity contribution is 4.83. The fourth-order valence-electron chi connectivity index (χ4n) is 2.93. The number of hydrogen-bond acceptors (Lipinski definition) is 1. The molecule has 0 aliphatic carbocycles. The van der Waals surface area contributed by atoms with Crippen molar-refractivity contribution in [1.29, 1.82) is 0 Å². The highest BCUT2D eigenvalue weighted by atomic mass is 15.2. The van der Waals surface area contributed by atoms with Crippen LogP contribution in [0.1, 0.15) is 51.4 Å². The molecule has 0 aromatic heterocycles. The Kier molecular flexibility index (Phi) is 2.69. The molecule has 2 rings (SSSR count). The molecule has 0 radical (unpaired) electrons. The molecule has 2 aliphatic heterocycles. The van der Waals surface area contributed by atoms with Gasteiger partial charge < -0.3 is 4.90 Å². The van der Waals surface area contributed by atoms with Crippen molar-refractivity contribution < 1.29 is 0 Å². The summed E-state index contributed by atoms with van der Waals surface area (Å²) in [6.45, 7) is 0. The third-order valence-corrected chi connectivity index (χ3v) is 3.80. The summed E-state index contributed by atoms with van der Waals surface area (Å²) in [6.07, 6.45) is 11.8. The number of nitrogens with zero attached hydrogens (tertiary/aromatic N) is 1. The molecule has 2 heterocycles. The van der Waals surface area contributed by atoms with Crippen molar-refractivity contribution in [1.82, 2.24) is 4.90 Å². The minimum atomic E-state index is 0.934. The van der Waals surface area contributed by atoms with Crippen LogP contribution in [-0.2, 0) is 0 Å². The van der Waals surface area contributed by atoms with Gasteiger partial charge in [0.15, 0.2) is 0 Å². The summed E-state index contributed by atoms with van der Waals surface area (Å²) in [5.74, 6) is 0. The normalized spacial score (nSPS) is 38.8. The number of rotatable bonds is 0. The van der Waals surface area contributed by atoms with E-state index in [1.54, 1.807) is 0 Å². The van der Waals surface area contributed by atoms with E-state index in [1.165, 1.54) is 51.4 Å². The zero-order chi connectivity index (χ0) is 8.39. The molecule has 2 saturated heterocycles. The monoisotopic (exact) mass is 167 g/mol. The van der Waals surface area contributed by atoms with E-state index in [-0.39, 0.29) is 0 Å². The van der Waals surface area contributed by atoms with Crippen molar-refractivity contribution >= 4 is 0 Å². The van der Waals surface area contributed by atoms with Gasteiger partial charge in [-0.3, -0.25) is 0 Å². The summed E-state index contributed by atoms with van der Waals surface area (Å²) < 4.78 is 0. The van der Waals surface area contributed by atoms with E-state index >= 15 is 0 Å². The van der Waals surface area contributed by atoms with Crippen LogP contribution in [0.4, 0.5) is 0 Å². The van der Waals surface area contributed by atoms with Crippen LogP contribution in [0, 0.1) is 0 Å². The Morgan fingerprint density at radius 1 is 0.750 bits per heavy atom. The predicted octanol–water partition coefficient (Wildman–Crippen LogP) is 2.80. The van der Waals surface area contributed by atoms with Crippen LogP contribution in [0.2, 0.25) is 0 Å². The van der Waals surface area contributed by atoms with Crippen LogP contribution in [0.5, 0.6) is 0 Å². The number of fused-ring (bicyclic) bond motifs is 2. The third kappa shape index (κ3) is 1.66. The average Bonchev–Trinajstić information content (AvgIpc) is 2.10. The van der Waals surface area contributed by atoms with E-state index in [9.17, 15) is 0 Å². The van der Waals surface area contributed by atoms with Gasteiger partial charge in [0.25, 0.3) is 0 Å². The van der Waals surface area contributed by atoms with Crippen LogP contribution in [0.15, 0.2) is 0 Å². The summed E-state index contributed by atoms with van der Waals surface area (Å²) in [5, 5.41) is 0. The van der Waals surface area contributed by atoms with Crippen molar-refractivity contribution in [3.8, 4) is 0 Å². The van der Waals surface area contributed by atoms with Gasteiger partial charge in [-0.2, -0.15) is 0 Å². The summed E-state index contributed by atoms with van der Waals surface area (Å²) in [7, 11) is 2.35. The maximum Gasteiger partial charge on any atom is 0.00951 e. The van der Waals surface area contributed by atoms with Gasteiger partial charge in [-0.1, -0.05) is 25.7 Å². The van der Waals surface area contributed by atoms with Crippen LogP contribution in [0.25, 0.3) is 0 Å². The van der Waals surface area contributed by atoms with Crippen molar-refractivity contribution in [2.45, 2.75) is 63.5 Å². The lowest BCUT2D eigenvalue weighted by Gasteiger charge is -2.41. The van der Waals surface area contributed by atoms with Crippen molar-refractivity contribution in [2.75, 3.05) is 7.05 Å². The first-order chi connectivity index (χ1) is 5.88. The second-order valence-corrected chi connectivity index (χ2v) is 4.54. The lowest BCUT2D eigenvalue weighted by Crippen LogP contribution is -2.44. The molecular weight excluding hydrogens is 146 g/mol. The van der Waals surface area contributed by atoms with Crippen molar-refractivity contribution in [3.63, 3.8) is 0 Å². The Morgan fingerprint density at radius 3 is 1.83 bits per heavy atom. The van der Waals surface area contributed by atoms with Gasteiger partial charge >= 0.3 is 0 Å². The molecule has 1 heteroatoms. The first-order valence-corrected chi connectivity index (χ1v) is 5.60. The highest BCUT2D eigenvalue weighted by Crippen LogP contribution is 2.30. The maximum absolute atomic E-state index is 2.67. The molecule has 2 aliphatic rings. The molecule has 12 heavy (non-hydrogen) atoms. The Labute approximate surface area is 76.1 Å². The molecule has 2 fully saturated rings. The molecule has 0 aromatic rings. The highest BCUT2D eigenvalue weighted by Gasteiger charge is 2.27. The zero-order valence-electron chi connectivity index (χ0n) is 8.26. The maximum atomic E-state index is 2.67. The molecule has 2 bridgehead atoms. The fraction of sp³-hybridized carbons (Fsp3) is 1.00. The molecule has 0 amide bonds. The summed E-state index contributed by atoms with van der Waals surface area (Å²) in [4.78, 5) is 2.67. The lowest BCUT2D eigenvalue weighted by molar-refractivity contribution is 0.0889. The lowest BCUT2D eigenvalue weighted by atomic mass is 9.87. The van der Waals surface area contributed by atoms with Crippen molar-refractivity contribution in [2.24, 2.45) is 0 Å². The Balaban J connectivity index is 2.00. The van der Waals surface area contributed by atoms with Gasteiger partial charge in [0.1, 0.15) is 0 Å². The van der Waals surface area contributed by atoms with Gasteiger partial charge in [0.05, 0.1) is 0 Å². The van der Waals surface area contributed by atoms with Crippen LogP contribution in [0.3, 0.4) is 0 Å². The minimum absolute atomic E-state index is 0.934. The molecular formula is C11H21N. The third-order valence-electron chi connectivity index (χ3n) is 3.80. The predicted molar refractivity (Wildman–Crippen MR) is 52.3 cm³/mol. The van der Waals surface area contributed by atoms with Gasteiger partial charge in [-0.15, -0.1) is 0 Å². The minimum Gasteiger partial charge on any atom is -0.300 e. The van der Waals surface area contributed by atoms with Gasteiger partial charge in [-0.25, -0.2) is 0 Å². The quantitative estimate of drug-likeness (QED) is 0.536. The van der Waals surface area contributed by atoms with Crippen LogP contribution in [-0.4, -0.2) is 24.0 Å². The van der Waals surface area contributed by atoms with E-state index < -0.39 is 0 Å². The Morgan fingerprint density at radius 2 is 1.25 bits per heavy atom. The molecule has 2 atom stereocenters. The van der Waals surface area contributed by atoms with Crippen molar-refractivity contribution in [3.05, 3.63) is 0 Å². The first-order valence-electron chi connectivity index (χ1n) is 5.60. The SMILES string of the molecule is CN1C2CCCCCC1CCC2.